The van der Waals surface area contributed by atoms with Gasteiger partial charge in [-0.1, -0.05) is 13.3 Å². The molecule has 0 aromatic heterocycles. The number of methoxy groups -OCH3 is 2. The fourth-order valence-electron chi connectivity index (χ4n) is 1.42. The van der Waals surface area contributed by atoms with Crippen LogP contribution in [0.15, 0.2) is 12.1 Å². The Kier molecular flexibility index (Phi) is 5.33. The van der Waals surface area contributed by atoms with Crippen molar-refractivity contribution in [2.45, 2.75) is 19.8 Å². The van der Waals surface area contributed by atoms with E-state index in [9.17, 15) is 4.79 Å². The Bertz CT molecular complexity index is 374. The van der Waals surface area contributed by atoms with Gasteiger partial charge in [0.1, 0.15) is 5.75 Å². The van der Waals surface area contributed by atoms with Crippen LogP contribution in [0.2, 0.25) is 0 Å². The van der Waals surface area contributed by atoms with Gasteiger partial charge in [0.2, 0.25) is 0 Å². The molecule has 1 aromatic rings. The lowest BCUT2D eigenvalue weighted by molar-refractivity contribution is 0.112. The fourth-order valence-corrected chi connectivity index (χ4v) is 1.42. The third-order valence-corrected chi connectivity index (χ3v) is 2.40. The van der Waals surface area contributed by atoms with Crippen LogP contribution >= 0.6 is 0 Å². The number of carbonyl (C=O) groups is 1. The van der Waals surface area contributed by atoms with Crippen molar-refractivity contribution >= 4 is 6.29 Å². The molecule has 94 valence electrons. The Morgan fingerprint density at radius 1 is 1.12 bits per heavy atom. The van der Waals surface area contributed by atoms with Gasteiger partial charge >= 0.3 is 0 Å². The summed E-state index contributed by atoms with van der Waals surface area (Å²) in [6.45, 7) is 2.72. The molecule has 0 aliphatic carbocycles. The van der Waals surface area contributed by atoms with Crippen LogP contribution in [0.5, 0.6) is 17.2 Å². The quantitative estimate of drug-likeness (QED) is 0.541. The minimum atomic E-state index is 0.451. The first kappa shape index (κ1) is 13.4. The molecule has 0 fully saturated rings. The first-order valence-electron chi connectivity index (χ1n) is 5.60. The van der Waals surface area contributed by atoms with E-state index >= 15 is 0 Å². The highest BCUT2D eigenvalue weighted by molar-refractivity contribution is 5.81. The molecule has 4 nitrogen and oxygen atoms in total. The van der Waals surface area contributed by atoms with Gasteiger partial charge in [-0.05, 0) is 12.5 Å². The van der Waals surface area contributed by atoms with Crippen molar-refractivity contribution in [1.82, 2.24) is 0 Å². The van der Waals surface area contributed by atoms with Gasteiger partial charge < -0.3 is 14.2 Å². The molecule has 0 radical (unpaired) electrons. The number of aldehydes is 1. The molecule has 0 N–H and O–H groups in total. The second-order valence-corrected chi connectivity index (χ2v) is 3.56. The standard InChI is InChI=1S/C13H18O4/c1-4-5-6-17-13-8-11(15-2)10(9-14)7-12(13)16-3/h7-9H,4-6H2,1-3H3. The average Bonchev–Trinajstić information content (AvgIpc) is 2.38. The Hall–Kier alpha value is -1.71. The molecule has 0 unspecified atom stereocenters. The first-order chi connectivity index (χ1) is 8.26. The summed E-state index contributed by atoms with van der Waals surface area (Å²) in [7, 11) is 3.06. The topological polar surface area (TPSA) is 44.8 Å². The molecule has 0 aliphatic heterocycles. The number of unbranched alkanes of at least 4 members (excludes halogenated alkanes) is 1. The Labute approximate surface area is 101 Å². The summed E-state index contributed by atoms with van der Waals surface area (Å²) >= 11 is 0. The summed E-state index contributed by atoms with van der Waals surface area (Å²) in [5.41, 5.74) is 0.451. The molecule has 0 spiro atoms. The van der Waals surface area contributed by atoms with E-state index in [-0.39, 0.29) is 0 Å². The van der Waals surface area contributed by atoms with Gasteiger partial charge in [0, 0.05) is 6.07 Å². The maximum Gasteiger partial charge on any atom is 0.164 e. The molecule has 0 saturated carbocycles. The molecule has 0 saturated heterocycles. The lowest BCUT2D eigenvalue weighted by atomic mass is 10.2. The van der Waals surface area contributed by atoms with Gasteiger partial charge in [0.05, 0.1) is 26.4 Å². The van der Waals surface area contributed by atoms with Crippen molar-refractivity contribution in [3.05, 3.63) is 17.7 Å². The largest absolute Gasteiger partial charge is 0.496 e. The second kappa shape index (κ2) is 6.78. The maximum absolute atomic E-state index is 10.8. The van der Waals surface area contributed by atoms with Gasteiger partial charge in [0.25, 0.3) is 0 Å². The Morgan fingerprint density at radius 3 is 2.35 bits per heavy atom. The summed E-state index contributed by atoms with van der Waals surface area (Å²) in [4.78, 5) is 10.8. The molecular weight excluding hydrogens is 220 g/mol. The van der Waals surface area contributed by atoms with Crippen molar-refractivity contribution in [3.8, 4) is 17.2 Å². The molecule has 0 atom stereocenters. The van der Waals surface area contributed by atoms with Crippen molar-refractivity contribution in [3.63, 3.8) is 0 Å². The lowest BCUT2D eigenvalue weighted by Gasteiger charge is -2.13. The third-order valence-electron chi connectivity index (χ3n) is 2.40. The number of rotatable bonds is 7. The molecule has 1 aromatic carbocycles. The first-order valence-corrected chi connectivity index (χ1v) is 5.60. The molecule has 0 amide bonds. The van der Waals surface area contributed by atoms with Crippen LogP contribution in [0.1, 0.15) is 30.1 Å². The minimum Gasteiger partial charge on any atom is -0.496 e. The van der Waals surface area contributed by atoms with E-state index in [1.165, 1.54) is 7.11 Å². The zero-order valence-corrected chi connectivity index (χ0v) is 10.5. The van der Waals surface area contributed by atoms with E-state index in [0.29, 0.717) is 29.4 Å². The zero-order chi connectivity index (χ0) is 12.7. The number of carbonyl (C=O) groups excluding carboxylic acids is 1. The summed E-state index contributed by atoms with van der Waals surface area (Å²) in [6.07, 6.45) is 2.77. The molecule has 4 heteroatoms. The molecule has 0 bridgehead atoms. The predicted octanol–water partition coefficient (Wildman–Crippen LogP) is 2.70. The van der Waals surface area contributed by atoms with Crippen LogP contribution in [0, 0.1) is 0 Å². The van der Waals surface area contributed by atoms with E-state index in [1.807, 2.05) is 0 Å². The fraction of sp³-hybridized carbons (Fsp3) is 0.462. The number of ether oxygens (including phenoxy) is 3. The number of hydrogen-bond donors (Lipinski definition) is 0. The average molecular weight is 238 g/mol. The number of hydrogen-bond acceptors (Lipinski definition) is 4. The SMILES string of the molecule is CCCCOc1cc(OC)c(C=O)cc1OC. The van der Waals surface area contributed by atoms with Crippen LogP contribution in [-0.4, -0.2) is 27.1 Å². The molecule has 0 heterocycles. The smallest absolute Gasteiger partial charge is 0.164 e. The van der Waals surface area contributed by atoms with E-state index in [2.05, 4.69) is 6.92 Å². The lowest BCUT2D eigenvalue weighted by Crippen LogP contribution is -2.01. The highest BCUT2D eigenvalue weighted by Gasteiger charge is 2.11. The molecule has 1 rings (SSSR count). The van der Waals surface area contributed by atoms with Crippen molar-refractivity contribution in [1.29, 1.82) is 0 Å². The molecule has 0 aliphatic rings. The predicted molar refractivity (Wildman–Crippen MR) is 65.3 cm³/mol. The van der Waals surface area contributed by atoms with Crippen LogP contribution in [0.4, 0.5) is 0 Å². The van der Waals surface area contributed by atoms with Crippen LogP contribution in [0.25, 0.3) is 0 Å². The summed E-state index contributed by atoms with van der Waals surface area (Å²) in [5.74, 6) is 1.64. The monoisotopic (exact) mass is 238 g/mol. The van der Waals surface area contributed by atoms with E-state index < -0.39 is 0 Å². The van der Waals surface area contributed by atoms with E-state index in [1.54, 1.807) is 19.2 Å². The highest BCUT2D eigenvalue weighted by atomic mass is 16.5. The molecular formula is C13H18O4. The Morgan fingerprint density at radius 2 is 1.82 bits per heavy atom. The van der Waals surface area contributed by atoms with Gasteiger partial charge in [-0.15, -0.1) is 0 Å². The maximum atomic E-state index is 10.8. The van der Waals surface area contributed by atoms with Gasteiger partial charge in [-0.3, -0.25) is 4.79 Å². The van der Waals surface area contributed by atoms with Crippen molar-refractivity contribution in [2.24, 2.45) is 0 Å². The summed E-state index contributed by atoms with van der Waals surface area (Å²) in [6, 6.07) is 3.30. The summed E-state index contributed by atoms with van der Waals surface area (Å²) in [5, 5.41) is 0. The third kappa shape index (κ3) is 3.37. The zero-order valence-electron chi connectivity index (χ0n) is 10.5. The second-order valence-electron chi connectivity index (χ2n) is 3.56. The van der Waals surface area contributed by atoms with E-state index in [4.69, 9.17) is 14.2 Å². The van der Waals surface area contributed by atoms with Gasteiger partial charge in [-0.25, -0.2) is 0 Å². The van der Waals surface area contributed by atoms with Crippen molar-refractivity contribution in [2.75, 3.05) is 20.8 Å². The van der Waals surface area contributed by atoms with Gasteiger partial charge in [0.15, 0.2) is 17.8 Å². The summed E-state index contributed by atoms with van der Waals surface area (Å²) < 4.78 is 15.9. The van der Waals surface area contributed by atoms with Crippen LogP contribution in [0.3, 0.4) is 0 Å². The van der Waals surface area contributed by atoms with Gasteiger partial charge in [-0.2, -0.15) is 0 Å². The van der Waals surface area contributed by atoms with Crippen LogP contribution < -0.4 is 14.2 Å². The minimum absolute atomic E-state index is 0.451. The van der Waals surface area contributed by atoms with Crippen molar-refractivity contribution < 1.29 is 19.0 Å². The van der Waals surface area contributed by atoms with Crippen LogP contribution in [-0.2, 0) is 0 Å². The highest BCUT2D eigenvalue weighted by Crippen LogP contribution is 2.34. The number of benzene rings is 1. The normalized spacial score (nSPS) is 9.82. The Balaban J connectivity index is 2.97. The van der Waals surface area contributed by atoms with E-state index in [0.717, 1.165) is 19.1 Å². The molecule has 17 heavy (non-hydrogen) atoms.